The van der Waals surface area contributed by atoms with Crippen molar-refractivity contribution in [3.8, 4) is 17.3 Å². The van der Waals surface area contributed by atoms with Gasteiger partial charge in [-0.25, -0.2) is 23.4 Å². The minimum atomic E-state index is -1.15. The molecule has 1 N–H and O–H groups in total. The number of aromatic nitrogens is 4. The molecule has 0 aliphatic carbocycles. The first-order valence-electron chi connectivity index (χ1n) is 9.41. The Hall–Kier alpha value is -3.48. The van der Waals surface area contributed by atoms with E-state index >= 15 is 0 Å². The van der Waals surface area contributed by atoms with Gasteiger partial charge in [0, 0.05) is 22.4 Å². The lowest BCUT2D eigenvalue weighted by Gasteiger charge is -2.27. The molecule has 0 aliphatic heterocycles. The van der Waals surface area contributed by atoms with Crippen LogP contribution in [0.4, 0.5) is 8.78 Å². The Balaban J connectivity index is 1.66. The summed E-state index contributed by atoms with van der Waals surface area (Å²) in [5.41, 5.74) is 2.08. The van der Waals surface area contributed by atoms with Crippen LogP contribution in [0, 0.1) is 23.0 Å². The standard InChI is InChI=1S/C22H17F2N5OS/c1-13(22-28-19(10-31-22)15-4-2-14(9-25)3-5-15)21(30)20(29-12-26-11-27-29)17-8-16(23)6-7-18(17)24/h2-8,10-13,20-21,30H,1H3/t13-,20?,21-/m1/s1. The van der Waals surface area contributed by atoms with Crippen LogP contribution in [0.2, 0.25) is 0 Å². The van der Waals surface area contributed by atoms with Crippen molar-refractivity contribution in [3.05, 3.63) is 88.3 Å². The summed E-state index contributed by atoms with van der Waals surface area (Å²) in [5, 5.41) is 26.6. The van der Waals surface area contributed by atoms with Crippen LogP contribution in [0.3, 0.4) is 0 Å². The van der Waals surface area contributed by atoms with Crippen molar-refractivity contribution in [2.75, 3.05) is 0 Å². The van der Waals surface area contributed by atoms with E-state index in [-0.39, 0.29) is 5.56 Å². The van der Waals surface area contributed by atoms with E-state index in [9.17, 15) is 13.9 Å². The van der Waals surface area contributed by atoms with E-state index < -0.39 is 29.7 Å². The zero-order chi connectivity index (χ0) is 22.0. The fraction of sp³-hybridized carbons (Fsp3) is 0.182. The predicted molar refractivity (Wildman–Crippen MR) is 111 cm³/mol. The lowest BCUT2D eigenvalue weighted by atomic mass is 9.92. The Labute approximate surface area is 181 Å². The average molecular weight is 437 g/mol. The number of hydrogen-bond acceptors (Lipinski definition) is 6. The lowest BCUT2D eigenvalue weighted by Crippen LogP contribution is -2.31. The van der Waals surface area contributed by atoms with Crippen molar-refractivity contribution in [3.63, 3.8) is 0 Å². The molecule has 2 aromatic carbocycles. The smallest absolute Gasteiger partial charge is 0.137 e. The summed E-state index contributed by atoms with van der Waals surface area (Å²) < 4.78 is 29.7. The Morgan fingerprint density at radius 2 is 1.94 bits per heavy atom. The van der Waals surface area contributed by atoms with E-state index in [1.165, 1.54) is 28.7 Å². The maximum atomic E-state index is 14.5. The number of nitriles is 1. The van der Waals surface area contributed by atoms with Crippen molar-refractivity contribution < 1.29 is 13.9 Å². The first-order valence-corrected chi connectivity index (χ1v) is 10.3. The SMILES string of the molecule is C[C@@H](c1nc(-c2ccc(C#N)cc2)cs1)[C@@H](O)C(c1cc(F)ccc1F)n1cncn1. The van der Waals surface area contributed by atoms with Gasteiger partial charge in [0.1, 0.15) is 30.3 Å². The first kappa shape index (κ1) is 20.8. The van der Waals surface area contributed by atoms with Crippen LogP contribution in [-0.2, 0) is 0 Å². The molecule has 2 aromatic heterocycles. The Bertz CT molecular complexity index is 1220. The number of rotatable bonds is 6. The molecule has 4 rings (SSSR count). The van der Waals surface area contributed by atoms with E-state index in [1.807, 2.05) is 5.38 Å². The highest BCUT2D eigenvalue weighted by molar-refractivity contribution is 7.10. The van der Waals surface area contributed by atoms with Crippen molar-refractivity contribution in [1.82, 2.24) is 19.7 Å². The fourth-order valence-electron chi connectivity index (χ4n) is 3.35. The molecule has 31 heavy (non-hydrogen) atoms. The molecule has 0 fully saturated rings. The van der Waals surface area contributed by atoms with Gasteiger partial charge in [-0.05, 0) is 30.3 Å². The molecule has 156 valence electrons. The Morgan fingerprint density at radius 3 is 2.61 bits per heavy atom. The van der Waals surface area contributed by atoms with Gasteiger partial charge >= 0.3 is 0 Å². The second-order valence-electron chi connectivity index (χ2n) is 7.03. The molecule has 0 saturated heterocycles. The van der Waals surface area contributed by atoms with Gasteiger partial charge in [-0.2, -0.15) is 10.4 Å². The van der Waals surface area contributed by atoms with Crippen molar-refractivity contribution in [1.29, 1.82) is 5.26 Å². The summed E-state index contributed by atoms with van der Waals surface area (Å²) in [5.74, 6) is -1.77. The van der Waals surface area contributed by atoms with Gasteiger partial charge in [-0.3, -0.25) is 0 Å². The van der Waals surface area contributed by atoms with E-state index in [0.29, 0.717) is 16.3 Å². The lowest BCUT2D eigenvalue weighted by molar-refractivity contribution is 0.0995. The van der Waals surface area contributed by atoms with Crippen molar-refractivity contribution in [2.45, 2.75) is 25.0 Å². The zero-order valence-corrected chi connectivity index (χ0v) is 17.2. The second kappa shape index (κ2) is 8.71. The summed E-state index contributed by atoms with van der Waals surface area (Å²) in [6.07, 6.45) is 1.47. The third kappa shape index (κ3) is 4.21. The number of aliphatic hydroxyl groups is 1. The van der Waals surface area contributed by atoms with Gasteiger partial charge in [-0.15, -0.1) is 11.3 Å². The molecule has 4 aromatic rings. The van der Waals surface area contributed by atoms with Gasteiger partial charge in [0.15, 0.2) is 0 Å². The number of hydrogen-bond donors (Lipinski definition) is 1. The number of nitrogens with zero attached hydrogens (tertiary/aromatic N) is 5. The highest BCUT2D eigenvalue weighted by atomic mass is 32.1. The van der Waals surface area contributed by atoms with E-state index in [4.69, 9.17) is 5.26 Å². The third-order valence-corrected chi connectivity index (χ3v) is 6.10. The molecule has 0 amide bonds. The van der Waals surface area contributed by atoms with E-state index in [2.05, 4.69) is 21.1 Å². The second-order valence-corrected chi connectivity index (χ2v) is 7.92. The van der Waals surface area contributed by atoms with Gasteiger partial charge in [0.2, 0.25) is 0 Å². The Kier molecular flexibility index (Phi) is 5.84. The molecule has 0 spiro atoms. The molecule has 0 saturated carbocycles. The average Bonchev–Trinajstić information content (AvgIpc) is 3.48. The Morgan fingerprint density at radius 1 is 1.16 bits per heavy atom. The minimum Gasteiger partial charge on any atom is -0.390 e. The zero-order valence-electron chi connectivity index (χ0n) is 16.4. The van der Waals surface area contributed by atoms with Crippen LogP contribution in [0.15, 0.2) is 60.5 Å². The molecule has 9 heteroatoms. The summed E-state index contributed by atoms with van der Waals surface area (Å²) in [6, 6.07) is 11.2. The molecule has 2 heterocycles. The van der Waals surface area contributed by atoms with Gasteiger partial charge in [-0.1, -0.05) is 19.1 Å². The summed E-state index contributed by atoms with van der Waals surface area (Å²) >= 11 is 1.36. The van der Waals surface area contributed by atoms with Gasteiger partial charge in [0.25, 0.3) is 0 Å². The van der Waals surface area contributed by atoms with Crippen LogP contribution < -0.4 is 0 Å². The maximum absolute atomic E-state index is 14.5. The first-order chi connectivity index (χ1) is 15.0. The van der Waals surface area contributed by atoms with Gasteiger partial charge < -0.3 is 5.11 Å². The molecule has 0 aliphatic rings. The van der Waals surface area contributed by atoms with Crippen LogP contribution in [-0.4, -0.2) is 31.0 Å². The van der Waals surface area contributed by atoms with E-state index in [0.717, 1.165) is 23.8 Å². The van der Waals surface area contributed by atoms with E-state index in [1.54, 1.807) is 31.2 Å². The summed E-state index contributed by atoms with van der Waals surface area (Å²) in [4.78, 5) is 8.50. The number of thiazole rings is 1. The third-order valence-electron chi connectivity index (χ3n) is 5.06. The van der Waals surface area contributed by atoms with Gasteiger partial charge in [0.05, 0.1) is 28.4 Å². The number of benzene rings is 2. The highest BCUT2D eigenvalue weighted by Crippen LogP contribution is 2.35. The quantitative estimate of drug-likeness (QED) is 0.486. The molecule has 3 atom stereocenters. The molecule has 0 radical (unpaired) electrons. The van der Waals surface area contributed by atoms with Crippen LogP contribution >= 0.6 is 11.3 Å². The molecule has 0 bridgehead atoms. The van der Waals surface area contributed by atoms with Crippen LogP contribution in [0.25, 0.3) is 11.3 Å². The fourth-order valence-corrected chi connectivity index (χ4v) is 4.28. The monoisotopic (exact) mass is 437 g/mol. The normalized spacial score (nSPS) is 14.0. The molecule has 6 nitrogen and oxygen atoms in total. The summed E-state index contributed by atoms with van der Waals surface area (Å²) in [7, 11) is 0. The topological polar surface area (TPSA) is 87.6 Å². The highest BCUT2D eigenvalue weighted by Gasteiger charge is 2.33. The number of aliphatic hydroxyl groups excluding tert-OH is 1. The van der Waals surface area contributed by atoms with Crippen LogP contribution in [0.5, 0.6) is 0 Å². The predicted octanol–water partition coefficient (Wildman–Crippen LogP) is 4.31. The number of halogens is 2. The molecular formula is C22H17F2N5OS. The maximum Gasteiger partial charge on any atom is 0.137 e. The van der Waals surface area contributed by atoms with Crippen molar-refractivity contribution >= 4 is 11.3 Å². The minimum absolute atomic E-state index is 0.0197. The van der Waals surface area contributed by atoms with Crippen LogP contribution in [0.1, 0.15) is 35.0 Å². The molecular weight excluding hydrogens is 420 g/mol. The largest absolute Gasteiger partial charge is 0.390 e. The van der Waals surface area contributed by atoms with Crippen molar-refractivity contribution in [2.24, 2.45) is 0 Å². The summed E-state index contributed by atoms with van der Waals surface area (Å²) in [6.45, 7) is 1.77. The molecule has 1 unspecified atom stereocenters.